The summed E-state index contributed by atoms with van der Waals surface area (Å²) in [6.07, 6.45) is 4.67. The van der Waals surface area contributed by atoms with Crippen molar-refractivity contribution in [3.63, 3.8) is 0 Å². The molecule has 1 saturated heterocycles. The van der Waals surface area contributed by atoms with Gasteiger partial charge in [0.2, 0.25) is 10.0 Å². The Hall–Kier alpha value is -1.93. The van der Waals surface area contributed by atoms with Crippen LogP contribution in [0.1, 0.15) is 56.3 Å². The van der Waals surface area contributed by atoms with Crippen LogP contribution in [0.25, 0.3) is 0 Å². The zero-order chi connectivity index (χ0) is 20.6. The molecule has 0 unspecified atom stereocenters. The molecule has 1 aliphatic rings. The fourth-order valence-electron chi connectivity index (χ4n) is 2.96. The Morgan fingerprint density at radius 3 is 2.25 bits per heavy atom. The zero-order valence-electron chi connectivity index (χ0n) is 16.6. The van der Waals surface area contributed by atoms with Gasteiger partial charge in [-0.3, -0.25) is 4.79 Å². The number of hydrogen-bond acceptors (Lipinski definition) is 5. The molecule has 0 atom stereocenters. The predicted octanol–water partition coefficient (Wildman–Crippen LogP) is 2.57. The molecule has 156 valence electrons. The van der Waals surface area contributed by atoms with E-state index in [1.807, 2.05) is 0 Å². The minimum Gasteiger partial charge on any atom is -0.452 e. The van der Waals surface area contributed by atoms with E-state index in [1.54, 1.807) is 0 Å². The van der Waals surface area contributed by atoms with Gasteiger partial charge in [0.1, 0.15) is 0 Å². The largest absolute Gasteiger partial charge is 0.452 e. The summed E-state index contributed by atoms with van der Waals surface area (Å²) in [4.78, 5) is 23.9. The first-order valence-electron chi connectivity index (χ1n) is 9.84. The zero-order valence-corrected chi connectivity index (χ0v) is 17.5. The van der Waals surface area contributed by atoms with E-state index in [4.69, 9.17) is 4.74 Å². The standard InChI is InChI=1S/C20H30N2O5S/c1-16(2)11-12-21-19(23)15-27-20(24)17-7-9-18(10-8-17)28(25,26)22-13-5-3-4-6-14-22/h7-10,16H,3-6,11-15H2,1-2H3,(H,21,23). The topological polar surface area (TPSA) is 92.8 Å². The third-order valence-corrected chi connectivity index (χ3v) is 6.58. The van der Waals surface area contributed by atoms with Crippen molar-refractivity contribution in [2.45, 2.75) is 50.8 Å². The molecule has 1 heterocycles. The number of nitrogens with one attached hydrogen (secondary N) is 1. The molecule has 0 saturated carbocycles. The van der Waals surface area contributed by atoms with Crippen LogP contribution in [0.5, 0.6) is 0 Å². The van der Waals surface area contributed by atoms with Gasteiger partial charge in [-0.1, -0.05) is 26.7 Å². The molecule has 1 aromatic carbocycles. The number of sulfonamides is 1. The Morgan fingerprint density at radius 1 is 1.07 bits per heavy atom. The molecule has 1 amide bonds. The van der Waals surface area contributed by atoms with E-state index in [1.165, 1.54) is 28.6 Å². The lowest BCUT2D eigenvalue weighted by Crippen LogP contribution is -2.32. The van der Waals surface area contributed by atoms with Crippen LogP contribution in [0.4, 0.5) is 0 Å². The Bertz CT molecular complexity index is 751. The summed E-state index contributed by atoms with van der Waals surface area (Å²) in [5, 5.41) is 2.69. The quantitative estimate of drug-likeness (QED) is 0.665. The van der Waals surface area contributed by atoms with Crippen molar-refractivity contribution in [2.75, 3.05) is 26.2 Å². The number of rotatable bonds is 8. The summed E-state index contributed by atoms with van der Waals surface area (Å²) in [5.41, 5.74) is 0.213. The summed E-state index contributed by atoms with van der Waals surface area (Å²) in [5.74, 6) is -0.529. The molecule has 1 aliphatic heterocycles. The lowest BCUT2D eigenvalue weighted by molar-refractivity contribution is -0.124. The normalized spacial score (nSPS) is 15.8. The Labute approximate surface area is 167 Å². The molecule has 0 spiro atoms. The summed E-state index contributed by atoms with van der Waals surface area (Å²) < 4.78 is 32.0. The van der Waals surface area contributed by atoms with Crippen molar-refractivity contribution in [1.29, 1.82) is 0 Å². The Kier molecular flexibility index (Phi) is 8.44. The average Bonchev–Trinajstić information content (AvgIpc) is 2.96. The van der Waals surface area contributed by atoms with Gasteiger partial charge in [0.25, 0.3) is 5.91 Å². The number of carbonyl (C=O) groups is 2. The highest BCUT2D eigenvalue weighted by Crippen LogP contribution is 2.20. The van der Waals surface area contributed by atoms with Crippen LogP contribution < -0.4 is 5.32 Å². The van der Waals surface area contributed by atoms with Gasteiger partial charge in [0.05, 0.1) is 10.5 Å². The molecule has 8 heteroatoms. The lowest BCUT2D eigenvalue weighted by Gasteiger charge is -2.19. The van der Waals surface area contributed by atoms with Gasteiger partial charge in [-0.2, -0.15) is 4.31 Å². The summed E-state index contributed by atoms with van der Waals surface area (Å²) in [6.45, 7) is 5.35. The molecule has 0 bridgehead atoms. The molecule has 1 fully saturated rings. The second kappa shape index (κ2) is 10.6. The number of benzene rings is 1. The molecule has 0 aromatic heterocycles. The first kappa shape index (κ1) is 22.4. The highest BCUT2D eigenvalue weighted by atomic mass is 32.2. The Morgan fingerprint density at radius 2 is 1.68 bits per heavy atom. The summed E-state index contributed by atoms with van der Waals surface area (Å²) in [6, 6.07) is 5.67. The van der Waals surface area contributed by atoms with Crippen molar-refractivity contribution in [3.8, 4) is 0 Å². The average molecular weight is 411 g/mol. The van der Waals surface area contributed by atoms with Crippen molar-refractivity contribution in [3.05, 3.63) is 29.8 Å². The maximum Gasteiger partial charge on any atom is 0.338 e. The first-order chi connectivity index (χ1) is 13.3. The van der Waals surface area contributed by atoms with E-state index in [-0.39, 0.29) is 23.0 Å². The SMILES string of the molecule is CC(C)CCNC(=O)COC(=O)c1ccc(S(=O)(=O)N2CCCCCC2)cc1. The van der Waals surface area contributed by atoms with E-state index in [9.17, 15) is 18.0 Å². The van der Waals surface area contributed by atoms with Crippen LogP contribution in [-0.2, 0) is 19.6 Å². The van der Waals surface area contributed by atoms with Crippen molar-refractivity contribution >= 4 is 21.9 Å². The third-order valence-electron chi connectivity index (χ3n) is 4.67. The fraction of sp³-hybridized carbons (Fsp3) is 0.600. The summed E-state index contributed by atoms with van der Waals surface area (Å²) in [7, 11) is -3.55. The minimum atomic E-state index is -3.55. The number of amides is 1. The van der Waals surface area contributed by atoms with Crippen molar-refractivity contribution in [2.24, 2.45) is 5.92 Å². The van der Waals surface area contributed by atoms with E-state index >= 15 is 0 Å². The van der Waals surface area contributed by atoms with E-state index < -0.39 is 16.0 Å². The van der Waals surface area contributed by atoms with Gasteiger partial charge in [-0.25, -0.2) is 13.2 Å². The van der Waals surface area contributed by atoms with Crippen LogP contribution in [0.2, 0.25) is 0 Å². The number of hydrogen-bond donors (Lipinski definition) is 1. The molecule has 7 nitrogen and oxygen atoms in total. The van der Waals surface area contributed by atoms with Crippen LogP contribution in [0, 0.1) is 5.92 Å². The van der Waals surface area contributed by atoms with Gasteiger partial charge >= 0.3 is 5.97 Å². The molecule has 28 heavy (non-hydrogen) atoms. The number of nitrogens with zero attached hydrogens (tertiary/aromatic N) is 1. The molecule has 1 N–H and O–H groups in total. The van der Waals surface area contributed by atoms with E-state index in [0.29, 0.717) is 25.6 Å². The Balaban J connectivity index is 1.90. The predicted molar refractivity (Wildman–Crippen MR) is 106 cm³/mol. The van der Waals surface area contributed by atoms with E-state index in [0.717, 1.165) is 32.1 Å². The molecular weight excluding hydrogens is 380 g/mol. The van der Waals surface area contributed by atoms with E-state index in [2.05, 4.69) is 19.2 Å². The number of ether oxygens (including phenoxy) is 1. The molecule has 1 aromatic rings. The minimum absolute atomic E-state index is 0.164. The van der Waals surface area contributed by atoms with Crippen molar-refractivity contribution in [1.82, 2.24) is 9.62 Å². The van der Waals surface area contributed by atoms with Gasteiger partial charge in [0.15, 0.2) is 6.61 Å². The van der Waals surface area contributed by atoms with Gasteiger partial charge in [-0.15, -0.1) is 0 Å². The first-order valence-corrected chi connectivity index (χ1v) is 11.3. The van der Waals surface area contributed by atoms with Crippen molar-refractivity contribution < 1.29 is 22.7 Å². The highest BCUT2D eigenvalue weighted by Gasteiger charge is 2.25. The third kappa shape index (κ3) is 6.60. The van der Waals surface area contributed by atoms with Gasteiger partial charge < -0.3 is 10.1 Å². The van der Waals surface area contributed by atoms with Crippen LogP contribution >= 0.6 is 0 Å². The van der Waals surface area contributed by atoms with Gasteiger partial charge in [0, 0.05) is 19.6 Å². The lowest BCUT2D eigenvalue weighted by atomic mass is 10.1. The fourth-order valence-corrected chi connectivity index (χ4v) is 4.48. The van der Waals surface area contributed by atoms with Crippen LogP contribution in [-0.4, -0.2) is 50.8 Å². The maximum absolute atomic E-state index is 12.7. The van der Waals surface area contributed by atoms with Gasteiger partial charge in [-0.05, 0) is 49.4 Å². The molecule has 0 radical (unpaired) electrons. The van der Waals surface area contributed by atoms with Crippen LogP contribution in [0.3, 0.4) is 0 Å². The van der Waals surface area contributed by atoms with Crippen LogP contribution in [0.15, 0.2) is 29.2 Å². The molecule has 0 aliphatic carbocycles. The second-order valence-electron chi connectivity index (χ2n) is 7.45. The molecule has 2 rings (SSSR count). The molecular formula is C20H30N2O5S. The second-order valence-corrected chi connectivity index (χ2v) is 9.39. The summed E-state index contributed by atoms with van der Waals surface area (Å²) >= 11 is 0. The monoisotopic (exact) mass is 410 g/mol. The highest BCUT2D eigenvalue weighted by molar-refractivity contribution is 7.89. The maximum atomic E-state index is 12.7. The number of esters is 1. The smallest absolute Gasteiger partial charge is 0.338 e. The number of carbonyl (C=O) groups excluding carboxylic acids is 2.